The normalized spacial score (nSPS) is 9.06. The van der Waals surface area contributed by atoms with Crippen molar-refractivity contribution in [2.75, 3.05) is 0 Å². The van der Waals surface area contributed by atoms with E-state index in [1.54, 1.807) is 0 Å². The van der Waals surface area contributed by atoms with E-state index in [9.17, 15) is 4.79 Å². The van der Waals surface area contributed by atoms with Crippen LogP contribution in [0.5, 0.6) is 0 Å². The van der Waals surface area contributed by atoms with Crippen molar-refractivity contribution in [1.29, 1.82) is 0 Å². The van der Waals surface area contributed by atoms with E-state index in [4.69, 9.17) is 4.74 Å². The molecule has 0 amide bonds. The molecule has 0 fully saturated rings. The van der Waals surface area contributed by atoms with Crippen molar-refractivity contribution in [2.45, 2.75) is 20.5 Å². The molecule has 1 aromatic carbocycles. The van der Waals surface area contributed by atoms with Crippen molar-refractivity contribution in [2.24, 2.45) is 0 Å². The van der Waals surface area contributed by atoms with Gasteiger partial charge in [-0.3, -0.25) is 0 Å². The molecular formula is C12H15N3O2. The standard InChI is InChI=1S/C10H9N3O2.C2H6/c14-10(9-6-11-13-12-9)15-7-8-4-2-1-3-5-8;1-2/h1-6H,7H2,(H,11,12,13);1-2H3. The van der Waals surface area contributed by atoms with E-state index < -0.39 is 5.97 Å². The highest BCUT2D eigenvalue weighted by molar-refractivity contribution is 5.86. The Morgan fingerprint density at radius 1 is 1.29 bits per heavy atom. The van der Waals surface area contributed by atoms with Crippen molar-refractivity contribution >= 4 is 5.97 Å². The van der Waals surface area contributed by atoms with Gasteiger partial charge in [0.05, 0.1) is 6.20 Å². The Bertz CT molecular complexity index is 426. The van der Waals surface area contributed by atoms with Crippen LogP contribution >= 0.6 is 0 Å². The molecule has 0 bridgehead atoms. The zero-order valence-electron chi connectivity index (χ0n) is 9.88. The fourth-order valence-corrected chi connectivity index (χ4v) is 1.10. The third-order valence-corrected chi connectivity index (χ3v) is 1.84. The summed E-state index contributed by atoms with van der Waals surface area (Å²) in [6.07, 6.45) is 1.33. The molecule has 0 saturated heterocycles. The smallest absolute Gasteiger partial charge is 0.360 e. The molecule has 2 rings (SSSR count). The molecule has 17 heavy (non-hydrogen) atoms. The van der Waals surface area contributed by atoms with Crippen LogP contribution in [0, 0.1) is 0 Å². The molecule has 90 valence electrons. The SMILES string of the molecule is CC.O=C(OCc1ccccc1)c1cn[nH]n1. The number of aromatic amines is 1. The average Bonchev–Trinajstić information content (AvgIpc) is 2.93. The lowest BCUT2D eigenvalue weighted by Crippen LogP contribution is -2.05. The number of carbonyl (C=O) groups is 1. The second kappa shape index (κ2) is 7.16. The molecule has 1 aromatic heterocycles. The average molecular weight is 233 g/mol. The minimum absolute atomic E-state index is 0.186. The van der Waals surface area contributed by atoms with E-state index >= 15 is 0 Å². The number of esters is 1. The number of benzene rings is 1. The fourth-order valence-electron chi connectivity index (χ4n) is 1.10. The minimum Gasteiger partial charge on any atom is -0.456 e. The Morgan fingerprint density at radius 3 is 2.59 bits per heavy atom. The van der Waals surface area contributed by atoms with Gasteiger partial charge in [0.1, 0.15) is 6.61 Å². The Kier molecular flexibility index (Phi) is 5.43. The van der Waals surface area contributed by atoms with Crippen molar-refractivity contribution in [3.63, 3.8) is 0 Å². The van der Waals surface area contributed by atoms with Gasteiger partial charge in [-0.05, 0) is 5.56 Å². The van der Waals surface area contributed by atoms with Crippen molar-refractivity contribution in [3.05, 3.63) is 47.8 Å². The van der Waals surface area contributed by atoms with Crippen molar-refractivity contribution in [1.82, 2.24) is 15.4 Å². The molecule has 0 aliphatic heterocycles. The number of H-pyrrole nitrogens is 1. The number of aromatic nitrogens is 3. The van der Waals surface area contributed by atoms with E-state index in [0.717, 1.165) is 5.56 Å². The Hall–Kier alpha value is -2.17. The first-order chi connectivity index (χ1) is 8.36. The predicted octanol–water partition coefficient (Wildman–Crippen LogP) is 2.19. The zero-order chi connectivity index (χ0) is 12.5. The van der Waals surface area contributed by atoms with Crippen LogP contribution in [0.25, 0.3) is 0 Å². The molecule has 0 atom stereocenters. The van der Waals surface area contributed by atoms with E-state index in [2.05, 4.69) is 15.4 Å². The molecule has 5 nitrogen and oxygen atoms in total. The van der Waals surface area contributed by atoms with Crippen LogP contribution in [0.4, 0.5) is 0 Å². The largest absolute Gasteiger partial charge is 0.456 e. The van der Waals surface area contributed by atoms with Gasteiger partial charge in [0.15, 0.2) is 5.69 Å². The summed E-state index contributed by atoms with van der Waals surface area (Å²) >= 11 is 0. The maximum absolute atomic E-state index is 11.3. The van der Waals surface area contributed by atoms with Crippen LogP contribution in [0.15, 0.2) is 36.5 Å². The first kappa shape index (κ1) is 12.9. The molecule has 0 radical (unpaired) electrons. The topological polar surface area (TPSA) is 67.9 Å². The Balaban J connectivity index is 0.000000686. The Labute approximate surface area is 99.8 Å². The highest BCUT2D eigenvalue weighted by Gasteiger charge is 2.09. The quantitative estimate of drug-likeness (QED) is 0.825. The number of hydrogen-bond donors (Lipinski definition) is 1. The van der Waals surface area contributed by atoms with Gasteiger partial charge in [-0.15, -0.1) is 5.10 Å². The number of rotatable bonds is 3. The van der Waals surface area contributed by atoms with Gasteiger partial charge in [0.2, 0.25) is 0 Å². The number of nitrogens with zero attached hydrogens (tertiary/aromatic N) is 2. The number of ether oxygens (including phenoxy) is 1. The maximum atomic E-state index is 11.3. The van der Waals surface area contributed by atoms with Crippen LogP contribution in [-0.2, 0) is 11.3 Å². The lowest BCUT2D eigenvalue weighted by molar-refractivity contribution is 0.0465. The number of nitrogens with one attached hydrogen (secondary N) is 1. The molecule has 0 aliphatic rings. The van der Waals surface area contributed by atoms with Gasteiger partial charge in [-0.2, -0.15) is 10.3 Å². The molecule has 1 N–H and O–H groups in total. The van der Waals surface area contributed by atoms with E-state index in [0.29, 0.717) is 0 Å². The van der Waals surface area contributed by atoms with Crippen LogP contribution in [0.3, 0.4) is 0 Å². The summed E-state index contributed by atoms with van der Waals surface area (Å²) in [4.78, 5) is 11.3. The van der Waals surface area contributed by atoms with Gasteiger partial charge >= 0.3 is 5.97 Å². The van der Waals surface area contributed by atoms with Crippen LogP contribution in [-0.4, -0.2) is 21.4 Å². The number of hydrogen-bond acceptors (Lipinski definition) is 4. The summed E-state index contributed by atoms with van der Waals surface area (Å²) < 4.78 is 5.01. The van der Waals surface area contributed by atoms with E-state index in [1.807, 2.05) is 44.2 Å². The first-order valence-corrected chi connectivity index (χ1v) is 5.43. The molecular weight excluding hydrogens is 218 g/mol. The first-order valence-electron chi connectivity index (χ1n) is 5.43. The van der Waals surface area contributed by atoms with Gasteiger partial charge < -0.3 is 4.74 Å². The number of carbonyl (C=O) groups excluding carboxylic acids is 1. The summed E-state index contributed by atoms with van der Waals surface area (Å²) in [5.41, 5.74) is 1.13. The second-order valence-electron chi connectivity index (χ2n) is 2.92. The minimum atomic E-state index is -0.479. The van der Waals surface area contributed by atoms with Crippen LogP contribution < -0.4 is 0 Å². The zero-order valence-corrected chi connectivity index (χ0v) is 9.88. The second-order valence-corrected chi connectivity index (χ2v) is 2.92. The summed E-state index contributed by atoms with van der Waals surface area (Å²) in [5.74, 6) is -0.479. The van der Waals surface area contributed by atoms with Crippen LogP contribution in [0.1, 0.15) is 29.9 Å². The molecule has 2 aromatic rings. The van der Waals surface area contributed by atoms with Gasteiger partial charge in [-0.25, -0.2) is 4.79 Å². The molecule has 0 unspecified atom stereocenters. The molecule has 0 saturated carbocycles. The van der Waals surface area contributed by atoms with E-state index in [-0.39, 0.29) is 12.3 Å². The summed E-state index contributed by atoms with van der Waals surface area (Å²) in [6, 6.07) is 9.45. The van der Waals surface area contributed by atoms with Crippen molar-refractivity contribution < 1.29 is 9.53 Å². The fraction of sp³-hybridized carbons (Fsp3) is 0.250. The molecule has 0 spiro atoms. The van der Waals surface area contributed by atoms with Crippen molar-refractivity contribution in [3.8, 4) is 0 Å². The maximum Gasteiger partial charge on any atom is 0.360 e. The van der Waals surface area contributed by atoms with Gasteiger partial charge in [0, 0.05) is 0 Å². The highest BCUT2D eigenvalue weighted by atomic mass is 16.5. The molecule has 1 heterocycles. The molecule has 0 aliphatic carbocycles. The van der Waals surface area contributed by atoms with E-state index in [1.165, 1.54) is 6.20 Å². The predicted molar refractivity (Wildman–Crippen MR) is 63.3 cm³/mol. The lowest BCUT2D eigenvalue weighted by Gasteiger charge is -2.01. The Morgan fingerprint density at radius 2 is 2.00 bits per heavy atom. The monoisotopic (exact) mass is 233 g/mol. The van der Waals surface area contributed by atoms with Gasteiger partial charge in [0.25, 0.3) is 0 Å². The van der Waals surface area contributed by atoms with Crippen LogP contribution in [0.2, 0.25) is 0 Å². The highest BCUT2D eigenvalue weighted by Crippen LogP contribution is 2.02. The third kappa shape index (κ3) is 4.06. The molecule has 5 heteroatoms. The summed E-state index contributed by atoms with van der Waals surface area (Å²) in [5, 5.41) is 9.49. The third-order valence-electron chi connectivity index (χ3n) is 1.84. The lowest BCUT2D eigenvalue weighted by atomic mass is 10.2. The summed E-state index contributed by atoms with van der Waals surface area (Å²) in [7, 11) is 0. The summed E-state index contributed by atoms with van der Waals surface area (Å²) in [6.45, 7) is 4.24. The van der Waals surface area contributed by atoms with Gasteiger partial charge in [-0.1, -0.05) is 44.2 Å².